The van der Waals surface area contributed by atoms with E-state index in [4.69, 9.17) is 4.98 Å². The van der Waals surface area contributed by atoms with Crippen LogP contribution in [0.4, 0.5) is 0 Å². The van der Waals surface area contributed by atoms with E-state index in [1.54, 1.807) is 11.1 Å². The molecular weight excluding hydrogens is 380 g/mol. The van der Waals surface area contributed by atoms with Gasteiger partial charge < -0.3 is 9.88 Å². The second-order valence-electron chi connectivity index (χ2n) is 10.2. The Bertz CT molecular complexity index is 1080. The molecule has 2 aliphatic heterocycles. The topological polar surface area (TPSA) is 33.1 Å². The third-order valence-electron chi connectivity index (χ3n) is 8.46. The van der Waals surface area contributed by atoms with Gasteiger partial charge in [0.1, 0.15) is 5.82 Å². The van der Waals surface area contributed by atoms with Crippen LogP contribution in [0.2, 0.25) is 0 Å². The Labute approximate surface area is 185 Å². The van der Waals surface area contributed by atoms with Gasteiger partial charge in [-0.15, -0.1) is 0 Å². The normalized spacial score (nSPS) is 30.2. The quantitative estimate of drug-likeness (QED) is 0.661. The fourth-order valence-corrected chi connectivity index (χ4v) is 7.20. The van der Waals surface area contributed by atoms with Crippen LogP contribution in [0.15, 0.2) is 48.5 Å². The van der Waals surface area contributed by atoms with Crippen molar-refractivity contribution in [2.45, 2.75) is 69.0 Å². The van der Waals surface area contributed by atoms with Crippen LogP contribution in [0.5, 0.6) is 0 Å². The van der Waals surface area contributed by atoms with Crippen molar-refractivity contribution in [1.29, 1.82) is 0 Å². The van der Waals surface area contributed by atoms with Gasteiger partial charge in [0.05, 0.1) is 11.0 Å². The molecule has 0 amide bonds. The maximum absolute atomic E-state index is 4.86. The van der Waals surface area contributed by atoms with Crippen molar-refractivity contribution in [3.63, 3.8) is 0 Å². The lowest BCUT2D eigenvalue weighted by Crippen LogP contribution is -2.52. The van der Waals surface area contributed by atoms with Crippen molar-refractivity contribution in [3.05, 3.63) is 65.5 Å². The van der Waals surface area contributed by atoms with Crippen molar-refractivity contribution in [1.82, 2.24) is 19.8 Å². The van der Waals surface area contributed by atoms with Gasteiger partial charge in [-0.1, -0.05) is 36.4 Å². The molecule has 4 atom stereocenters. The average molecular weight is 415 g/mol. The second-order valence-corrected chi connectivity index (χ2v) is 10.2. The Hall–Kier alpha value is -2.17. The van der Waals surface area contributed by atoms with E-state index in [-0.39, 0.29) is 5.41 Å². The number of benzene rings is 2. The van der Waals surface area contributed by atoms with Crippen LogP contribution in [0, 0.1) is 6.92 Å². The van der Waals surface area contributed by atoms with Crippen LogP contribution in [0.3, 0.4) is 0 Å². The van der Waals surface area contributed by atoms with Crippen LogP contribution in [-0.4, -0.2) is 46.7 Å². The first-order valence-corrected chi connectivity index (χ1v) is 12.1. The number of nitrogens with zero attached hydrogens (tertiary/aromatic N) is 3. The highest BCUT2D eigenvalue weighted by Crippen LogP contribution is 2.46. The third-order valence-corrected chi connectivity index (χ3v) is 8.46. The van der Waals surface area contributed by atoms with Crippen LogP contribution < -0.4 is 5.32 Å². The Morgan fingerprint density at radius 3 is 2.55 bits per heavy atom. The number of aryl methyl sites for hydroxylation is 2. The van der Waals surface area contributed by atoms with Gasteiger partial charge >= 0.3 is 0 Å². The SMILES string of the molecule is CNCC1(CN2[C@@H]3CC[C@H]2C[C@@H](n2c(C)nc4ccccc42)C3)CCc2ccccc21. The number of piperidine rings is 1. The van der Waals surface area contributed by atoms with E-state index in [2.05, 4.69) is 77.3 Å². The Morgan fingerprint density at radius 2 is 1.74 bits per heavy atom. The molecular formula is C27H34N4. The van der Waals surface area contributed by atoms with E-state index in [0.29, 0.717) is 18.1 Å². The van der Waals surface area contributed by atoms with Crippen LogP contribution in [0.25, 0.3) is 11.0 Å². The molecule has 4 nitrogen and oxygen atoms in total. The van der Waals surface area contributed by atoms with E-state index in [9.17, 15) is 0 Å². The summed E-state index contributed by atoms with van der Waals surface area (Å²) < 4.78 is 2.55. The van der Waals surface area contributed by atoms with Crippen molar-refractivity contribution in [2.75, 3.05) is 20.1 Å². The smallest absolute Gasteiger partial charge is 0.106 e. The largest absolute Gasteiger partial charge is 0.325 e. The predicted octanol–water partition coefficient (Wildman–Crippen LogP) is 4.62. The Kier molecular flexibility index (Phi) is 4.69. The molecule has 3 aromatic rings. The first kappa shape index (κ1) is 19.5. The minimum Gasteiger partial charge on any atom is -0.325 e. The maximum Gasteiger partial charge on any atom is 0.106 e. The van der Waals surface area contributed by atoms with Gasteiger partial charge in [-0.2, -0.15) is 0 Å². The zero-order valence-corrected chi connectivity index (χ0v) is 18.8. The Morgan fingerprint density at radius 1 is 1.00 bits per heavy atom. The monoisotopic (exact) mass is 414 g/mol. The molecule has 31 heavy (non-hydrogen) atoms. The molecule has 1 aliphatic carbocycles. The molecule has 162 valence electrons. The lowest BCUT2D eigenvalue weighted by atomic mass is 9.79. The summed E-state index contributed by atoms with van der Waals surface area (Å²) in [5.74, 6) is 1.18. The van der Waals surface area contributed by atoms with Gasteiger partial charge in [0, 0.05) is 36.6 Å². The summed E-state index contributed by atoms with van der Waals surface area (Å²) in [5.41, 5.74) is 5.89. The summed E-state index contributed by atoms with van der Waals surface area (Å²) in [7, 11) is 2.12. The number of hydrogen-bond donors (Lipinski definition) is 1. The zero-order valence-electron chi connectivity index (χ0n) is 18.8. The maximum atomic E-state index is 4.86. The van der Waals surface area contributed by atoms with E-state index in [1.807, 2.05) is 0 Å². The molecule has 0 spiro atoms. The summed E-state index contributed by atoms with van der Waals surface area (Å²) in [5, 5.41) is 3.55. The highest BCUT2D eigenvalue weighted by atomic mass is 15.3. The first-order valence-electron chi connectivity index (χ1n) is 12.1. The number of hydrogen-bond acceptors (Lipinski definition) is 3. The van der Waals surface area contributed by atoms with E-state index in [0.717, 1.165) is 12.1 Å². The van der Waals surface area contributed by atoms with Gasteiger partial charge in [0.2, 0.25) is 0 Å². The van der Waals surface area contributed by atoms with Gasteiger partial charge in [-0.3, -0.25) is 4.90 Å². The summed E-state index contributed by atoms with van der Waals surface area (Å²) in [6, 6.07) is 19.8. The number of fused-ring (bicyclic) bond motifs is 4. The standard InChI is InChI=1S/C27H34N4/c1-19-29-25-9-5-6-10-26(25)31(19)23-15-21-11-12-22(16-23)30(21)18-27(17-28-2)14-13-20-7-3-4-8-24(20)27/h3-10,21-23,28H,11-18H2,1-2H3/t21-,22+,23+,27?. The Balaban J connectivity index is 1.28. The van der Waals surface area contributed by atoms with Crippen molar-refractivity contribution in [3.8, 4) is 0 Å². The third kappa shape index (κ3) is 3.07. The minimum atomic E-state index is 0.261. The molecule has 1 aromatic heterocycles. The van der Waals surface area contributed by atoms with Gasteiger partial charge in [-0.05, 0) is 75.8 Å². The number of nitrogens with one attached hydrogen (secondary N) is 1. The summed E-state index contributed by atoms with van der Waals surface area (Å²) in [6.07, 6.45) is 7.72. The van der Waals surface area contributed by atoms with Crippen molar-refractivity contribution >= 4 is 11.0 Å². The molecule has 2 fully saturated rings. The first-order chi connectivity index (χ1) is 15.2. The fourth-order valence-electron chi connectivity index (χ4n) is 7.20. The molecule has 2 aromatic carbocycles. The predicted molar refractivity (Wildman–Crippen MR) is 127 cm³/mol. The number of para-hydroxylation sites is 2. The highest BCUT2D eigenvalue weighted by Gasteiger charge is 2.47. The van der Waals surface area contributed by atoms with Crippen LogP contribution in [-0.2, 0) is 11.8 Å². The minimum absolute atomic E-state index is 0.261. The molecule has 2 bridgehead atoms. The molecule has 1 N–H and O–H groups in total. The van der Waals surface area contributed by atoms with Crippen LogP contribution in [0.1, 0.15) is 55.1 Å². The number of rotatable bonds is 5. The van der Waals surface area contributed by atoms with Gasteiger partial charge in [0.15, 0.2) is 0 Å². The van der Waals surface area contributed by atoms with E-state index < -0.39 is 0 Å². The lowest BCUT2D eigenvalue weighted by Gasteiger charge is -2.45. The lowest BCUT2D eigenvalue weighted by molar-refractivity contribution is 0.0791. The molecule has 1 unspecified atom stereocenters. The molecule has 2 saturated heterocycles. The van der Waals surface area contributed by atoms with Crippen molar-refractivity contribution < 1.29 is 0 Å². The van der Waals surface area contributed by atoms with E-state index >= 15 is 0 Å². The number of imidazole rings is 1. The second kappa shape index (κ2) is 7.46. The summed E-state index contributed by atoms with van der Waals surface area (Å²) in [4.78, 5) is 7.77. The zero-order chi connectivity index (χ0) is 21.0. The molecule has 0 saturated carbocycles. The van der Waals surface area contributed by atoms with E-state index in [1.165, 1.54) is 56.4 Å². The number of aromatic nitrogens is 2. The fraction of sp³-hybridized carbons (Fsp3) is 0.519. The molecule has 6 rings (SSSR count). The highest BCUT2D eigenvalue weighted by molar-refractivity contribution is 5.76. The van der Waals surface area contributed by atoms with Crippen LogP contribution >= 0.6 is 0 Å². The number of likely N-dealkylation sites (N-methyl/N-ethyl adjacent to an activating group) is 1. The molecule has 4 heteroatoms. The van der Waals surface area contributed by atoms with Crippen molar-refractivity contribution in [2.24, 2.45) is 0 Å². The average Bonchev–Trinajstić information content (AvgIpc) is 3.37. The molecule has 3 heterocycles. The summed E-state index contributed by atoms with van der Waals surface area (Å²) in [6.45, 7) is 4.47. The van der Waals surface area contributed by atoms with Gasteiger partial charge in [0.25, 0.3) is 0 Å². The molecule has 3 aliphatic rings. The molecule has 0 radical (unpaired) electrons. The summed E-state index contributed by atoms with van der Waals surface area (Å²) >= 11 is 0. The van der Waals surface area contributed by atoms with Gasteiger partial charge in [-0.25, -0.2) is 4.98 Å².